The second kappa shape index (κ2) is 7.31. The smallest absolute Gasteiger partial charge is 0.119 e. The van der Waals surface area contributed by atoms with Crippen molar-refractivity contribution in [2.24, 2.45) is 11.8 Å². The maximum absolute atomic E-state index is 8.73. The second-order valence-electron chi connectivity index (χ2n) is 5.88. The molecule has 2 atom stereocenters. The van der Waals surface area contributed by atoms with Crippen molar-refractivity contribution < 1.29 is 4.74 Å². The molecule has 0 aromatic heterocycles. The molecule has 0 spiro atoms. The van der Waals surface area contributed by atoms with E-state index in [4.69, 9.17) is 10.00 Å². The first-order valence-electron chi connectivity index (χ1n) is 7.54. The van der Waals surface area contributed by atoms with Crippen LogP contribution in [0.5, 0.6) is 5.75 Å². The zero-order valence-corrected chi connectivity index (χ0v) is 12.5. The van der Waals surface area contributed by atoms with E-state index in [0.29, 0.717) is 5.56 Å². The summed E-state index contributed by atoms with van der Waals surface area (Å²) in [4.78, 5) is 2.55. The lowest BCUT2D eigenvalue weighted by Gasteiger charge is -2.35. The highest BCUT2D eigenvalue weighted by atomic mass is 16.5. The van der Waals surface area contributed by atoms with Crippen molar-refractivity contribution >= 4 is 0 Å². The van der Waals surface area contributed by atoms with Gasteiger partial charge in [-0.05, 0) is 55.5 Å². The van der Waals surface area contributed by atoms with Gasteiger partial charge in [-0.1, -0.05) is 13.8 Å². The summed E-state index contributed by atoms with van der Waals surface area (Å²) in [5.41, 5.74) is 0.675. The molecule has 108 valence electrons. The first-order valence-corrected chi connectivity index (χ1v) is 7.54. The van der Waals surface area contributed by atoms with E-state index in [-0.39, 0.29) is 0 Å². The summed E-state index contributed by atoms with van der Waals surface area (Å²) in [6.07, 6.45) is 2.37. The molecule has 1 heterocycles. The Bertz CT molecular complexity index is 449. The lowest BCUT2D eigenvalue weighted by atomic mass is 9.89. The van der Waals surface area contributed by atoms with Gasteiger partial charge in [0.05, 0.1) is 18.2 Å². The number of benzene rings is 1. The third-order valence-electron chi connectivity index (χ3n) is 4.29. The summed E-state index contributed by atoms with van der Waals surface area (Å²) in [7, 11) is 0. The standard InChI is InChI=1S/C17H24N2O/c1-14-8-10-19(13-15(14)2)9-3-11-20-17-6-4-16(12-18)5-7-17/h4-7,14-15H,3,8-11,13H2,1-2H3/t14-,15+/m0/s1. The van der Waals surface area contributed by atoms with Gasteiger partial charge in [-0.2, -0.15) is 5.26 Å². The molecule has 2 rings (SSSR count). The van der Waals surface area contributed by atoms with Crippen molar-refractivity contribution in [3.63, 3.8) is 0 Å². The number of hydrogen-bond acceptors (Lipinski definition) is 3. The molecule has 0 amide bonds. The Morgan fingerprint density at radius 1 is 1.25 bits per heavy atom. The minimum atomic E-state index is 0.675. The van der Waals surface area contributed by atoms with E-state index < -0.39 is 0 Å². The van der Waals surface area contributed by atoms with Crippen molar-refractivity contribution in [1.82, 2.24) is 4.90 Å². The summed E-state index contributed by atoms with van der Waals surface area (Å²) in [6.45, 7) is 9.01. The maximum atomic E-state index is 8.73. The zero-order valence-electron chi connectivity index (χ0n) is 12.5. The Morgan fingerprint density at radius 2 is 2.00 bits per heavy atom. The van der Waals surface area contributed by atoms with Crippen LogP contribution in [0.25, 0.3) is 0 Å². The Kier molecular flexibility index (Phi) is 5.43. The summed E-state index contributed by atoms with van der Waals surface area (Å²) < 4.78 is 5.71. The molecule has 1 fully saturated rings. The normalized spacial score (nSPS) is 23.2. The van der Waals surface area contributed by atoms with E-state index in [9.17, 15) is 0 Å². The van der Waals surface area contributed by atoms with Gasteiger partial charge in [-0.3, -0.25) is 0 Å². The Balaban J connectivity index is 1.65. The van der Waals surface area contributed by atoms with E-state index in [0.717, 1.165) is 37.2 Å². The lowest BCUT2D eigenvalue weighted by molar-refractivity contribution is 0.130. The van der Waals surface area contributed by atoms with E-state index >= 15 is 0 Å². The molecule has 0 unspecified atom stereocenters. The van der Waals surface area contributed by atoms with Crippen LogP contribution in [-0.4, -0.2) is 31.1 Å². The van der Waals surface area contributed by atoms with Gasteiger partial charge in [-0.25, -0.2) is 0 Å². The van der Waals surface area contributed by atoms with Crippen molar-refractivity contribution in [2.45, 2.75) is 26.7 Å². The van der Waals surface area contributed by atoms with Gasteiger partial charge in [0.25, 0.3) is 0 Å². The third-order valence-corrected chi connectivity index (χ3v) is 4.29. The number of ether oxygens (including phenoxy) is 1. The predicted molar refractivity (Wildman–Crippen MR) is 80.7 cm³/mol. The first-order chi connectivity index (χ1) is 9.69. The van der Waals surface area contributed by atoms with Gasteiger partial charge in [0, 0.05) is 13.1 Å². The van der Waals surface area contributed by atoms with Crippen LogP contribution in [0.3, 0.4) is 0 Å². The minimum Gasteiger partial charge on any atom is -0.494 e. The largest absolute Gasteiger partial charge is 0.494 e. The SMILES string of the molecule is C[C@@H]1CN(CCCOc2ccc(C#N)cc2)CC[C@@H]1C. The van der Waals surface area contributed by atoms with Crippen LogP contribution in [0.2, 0.25) is 0 Å². The quantitative estimate of drug-likeness (QED) is 0.772. The fourth-order valence-electron chi connectivity index (χ4n) is 2.66. The van der Waals surface area contributed by atoms with E-state index in [1.807, 2.05) is 12.1 Å². The van der Waals surface area contributed by atoms with Crippen LogP contribution in [-0.2, 0) is 0 Å². The molecule has 0 bridgehead atoms. The van der Waals surface area contributed by atoms with Gasteiger partial charge < -0.3 is 9.64 Å². The molecule has 0 radical (unpaired) electrons. The molecular weight excluding hydrogens is 248 g/mol. The number of likely N-dealkylation sites (tertiary alicyclic amines) is 1. The second-order valence-corrected chi connectivity index (χ2v) is 5.88. The molecule has 1 aromatic carbocycles. The minimum absolute atomic E-state index is 0.675. The molecule has 0 saturated carbocycles. The number of piperidine rings is 1. The van der Waals surface area contributed by atoms with Crippen LogP contribution in [0, 0.1) is 23.2 Å². The maximum Gasteiger partial charge on any atom is 0.119 e. The third kappa shape index (κ3) is 4.25. The van der Waals surface area contributed by atoms with Gasteiger partial charge in [0.2, 0.25) is 0 Å². The van der Waals surface area contributed by atoms with E-state index in [2.05, 4.69) is 24.8 Å². The highest BCUT2D eigenvalue weighted by Crippen LogP contribution is 2.22. The summed E-state index contributed by atoms with van der Waals surface area (Å²) in [5.74, 6) is 2.52. The van der Waals surface area contributed by atoms with Crippen LogP contribution < -0.4 is 4.74 Å². The monoisotopic (exact) mass is 272 g/mol. The number of nitriles is 1. The molecule has 1 aliphatic rings. The number of hydrogen-bond donors (Lipinski definition) is 0. The summed E-state index contributed by atoms with van der Waals surface area (Å²) in [5, 5.41) is 8.73. The lowest BCUT2D eigenvalue weighted by Crippen LogP contribution is -2.39. The topological polar surface area (TPSA) is 36.3 Å². The molecule has 1 aliphatic heterocycles. The Labute approximate surface area is 122 Å². The zero-order chi connectivity index (χ0) is 14.4. The average Bonchev–Trinajstić information content (AvgIpc) is 2.48. The highest BCUT2D eigenvalue weighted by Gasteiger charge is 2.21. The first kappa shape index (κ1) is 14.9. The molecule has 1 saturated heterocycles. The molecule has 0 aliphatic carbocycles. The van der Waals surface area contributed by atoms with Crippen molar-refractivity contribution in [2.75, 3.05) is 26.2 Å². The number of nitrogens with zero attached hydrogens (tertiary/aromatic N) is 2. The van der Waals surface area contributed by atoms with Gasteiger partial charge in [0.1, 0.15) is 5.75 Å². The van der Waals surface area contributed by atoms with Crippen LogP contribution in [0.4, 0.5) is 0 Å². The Morgan fingerprint density at radius 3 is 2.65 bits per heavy atom. The van der Waals surface area contributed by atoms with E-state index in [1.165, 1.54) is 19.5 Å². The van der Waals surface area contributed by atoms with Crippen LogP contribution >= 0.6 is 0 Å². The Hall–Kier alpha value is -1.53. The summed E-state index contributed by atoms with van der Waals surface area (Å²) >= 11 is 0. The molecule has 20 heavy (non-hydrogen) atoms. The fraction of sp³-hybridized carbons (Fsp3) is 0.588. The fourth-order valence-corrected chi connectivity index (χ4v) is 2.66. The highest BCUT2D eigenvalue weighted by molar-refractivity contribution is 5.34. The van der Waals surface area contributed by atoms with E-state index in [1.54, 1.807) is 12.1 Å². The van der Waals surface area contributed by atoms with Crippen molar-refractivity contribution in [3.8, 4) is 11.8 Å². The number of rotatable bonds is 5. The molecule has 1 aromatic rings. The molecule has 3 nitrogen and oxygen atoms in total. The predicted octanol–water partition coefficient (Wildman–Crippen LogP) is 3.31. The van der Waals surface area contributed by atoms with Gasteiger partial charge in [0.15, 0.2) is 0 Å². The average molecular weight is 272 g/mol. The molecule has 0 N–H and O–H groups in total. The van der Waals surface area contributed by atoms with Crippen molar-refractivity contribution in [3.05, 3.63) is 29.8 Å². The van der Waals surface area contributed by atoms with Crippen LogP contribution in [0.15, 0.2) is 24.3 Å². The molecular formula is C17H24N2O. The molecule has 3 heteroatoms. The van der Waals surface area contributed by atoms with Gasteiger partial charge in [-0.15, -0.1) is 0 Å². The summed E-state index contributed by atoms with van der Waals surface area (Å²) in [6, 6.07) is 9.43. The van der Waals surface area contributed by atoms with Crippen molar-refractivity contribution in [1.29, 1.82) is 5.26 Å². The van der Waals surface area contributed by atoms with Gasteiger partial charge >= 0.3 is 0 Å². The van der Waals surface area contributed by atoms with Crippen LogP contribution in [0.1, 0.15) is 32.3 Å².